The molecule has 21 heavy (non-hydrogen) atoms. The standard InChI is InChI=1S/C17H23NO3/c1-17(2)20-11-13(21-17)10-18-16(19)15-9-5-7-12-6-3-4-8-14(12)15/h3-4,6,8,13,15H,5,7,9-11H2,1-2H3,(H,18,19). The minimum Gasteiger partial charge on any atom is -0.353 e. The normalized spacial score (nSPS) is 27.1. The first-order chi connectivity index (χ1) is 10.1. The zero-order valence-corrected chi connectivity index (χ0v) is 12.7. The van der Waals surface area contributed by atoms with Gasteiger partial charge in [-0.05, 0) is 44.2 Å². The van der Waals surface area contributed by atoms with E-state index in [2.05, 4.69) is 17.4 Å². The van der Waals surface area contributed by atoms with E-state index in [-0.39, 0.29) is 17.9 Å². The maximum atomic E-state index is 12.5. The topological polar surface area (TPSA) is 47.6 Å². The van der Waals surface area contributed by atoms with Gasteiger partial charge in [0.1, 0.15) is 6.10 Å². The van der Waals surface area contributed by atoms with Crippen molar-refractivity contribution in [1.29, 1.82) is 0 Å². The molecule has 1 aliphatic heterocycles. The van der Waals surface area contributed by atoms with E-state index in [0.717, 1.165) is 19.3 Å². The molecule has 0 bridgehead atoms. The molecule has 4 nitrogen and oxygen atoms in total. The molecule has 4 heteroatoms. The van der Waals surface area contributed by atoms with E-state index in [0.29, 0.717) is 13.2 Å². The van der Waals surface area contributed by atoms with Crippen molar-refractivity contribution in [3.63, 3.8) is 0 Å². The van der Waals surface area contributed by atoms with Crippen molar-refractivity contribution in [3.05, 3.63) is 35.4 Å². The molecular weight excluding hydrogens is 266 g/mol. The van der Waals surface area contributed by atoms with E-state index < -0.39 is 5.79 Å². The Morgan fingerprint density at radius 1 is 1.38 bits per heavy atom. The van der Waals surface area contributed by atoms with Crippen LogP contribution in [0.4, 0.5) is 0 Å². The Balaban J connectivity index is 1.59. The van der Waals surface area contributed by atoms with Crippen molar-refractivity contribution in [2.75, 3.05) is 13.2 Å². The minimum atomic E-state index is -0.535. The van der Waals surface area contributed by atoms with Crippen LogP contribution in [0.3, 0.4) is 0 Å². The van der Waals surface area contributed by atoms with Gasteiger partial charge in [-0.1, -0.05) is 24.3 Å². The molecule has 1 fully saturated rings. The van der Waals surface area contributed by atoms with Crippen LogP contribution in [0.2, 0.25) is 0 Å². The van der Waals surface area contributed by atoms with Crippen molar-refractivity contribution in [1.82, 2.24) is 5.32 Å². The van der Waals surface area contributed by atoms with Crippen molar-refractivity contribution in [2.45, 2.75) is 50.9 Å². The van der Waals surface area contributed by atoms with Gasteiger partial charge in [0.25, 0.3) is 0 Å². The summed E-state index contributed by atoms with van der Waals surface area (Å²) in [5.74, 6) is -0.451. The van der Waals surface area contributed by atoms with Gasteiger partial charge in [0.05, 0.1) is 12.5 Å². The molecule has 1 N–H and O–H groups in total. The number of nitrogens with one attached hydrogen (secondary N) is 1. The highest BCUT2D eigenvalue weighted by Gasteiger charge is 2.33. The van der Waals surface area contributed by atoms with Crippen LogP contribution in [0.1, 0.15) is 43.7 Å². The summed E-state index contributed by atoms with van der Waals surface area (Å²) in [6.45, 7) is 4.84. The lowest BCUT2D eigenvalue weighted by molar-refractivity contribution is -0.139. The first kappa shape index (κ1) is 14.5. The second kappa shape index (κ2) is 5.78. The van der Waals surface area contributed by atoms with Crippen LogP contribution in [0.15, 0.2) is 24.3 Å². The number of hydrogen-bond donors (Lipinski definition) is 1. The Kier molecular flexibility index (Phi) is 4.00. The number of carbonyl (C=O) groups excluding carboxylic acids is 1. The van der Waals surface area contributed by atoms with E-state index in [9.17, 15) is 4.79 Å². The summed E-state index contributed by atoms with van der Waals surface area (Å²) in [4.78, 5) is 12.5. The lowest BCUT2D eigenvalue weighted by atomic mass is 9.82. The van der Waals surface area contributed by atoms with Gasteiger partial charge < -0.3 is 14.8 Å². The molecular formula is C17H23NO3. The molecule has 2 aliphatic rings. The Hall–Kier alpha value is -1.39. The second-order valence-electron chi connectivity index (χ2n) is 6.34. The van der Waals surface area contributed by atoms with Crippen LogP contribution in [-0.2, 0) is 20.7 Å². The molecule has 1 aromatic rings. The third-order valence-corrected chi connectivity index (χ3v) is 4.26. The maximum Gasteiger partial charge on any atom is 0.227 e. The summed E-state index contributed by atoms with van der Waals surface area (Å²) in [5.41, 5.74) is 2.50. The fourth-order valence-electron chi connectivity index (χ4n) is 3.23. The van der Waals surface area contributed by atoms with Gasteiger partial charge in [0.2, 0.25) is 5.91 Å². The number of amides is 1. The Morgan fingerprint density at radius 2 is 2.19 bits per heavy atom. The third-order valence-electron chi connectivity index (χ3n) is 4.26. The number of carbonyl (C=O) groups is 1. The second-order valence-corrected chi connectivity index (χ2v) is 6.34. The molecule has 0 radical (unpaired) electrons. The van der Waals surface area contributed by atoms with E-state index in [1.807, 2.05) is 26.0 Å². The van der Waals surface area contributed by atoms with E-state index in [1.54, 1.807) is 0 Å². The van der Waals surface area contributed by atoms with E-state index >= 15 is 0 Å². The average Bonchev–Trinajstić information content (AvgIpc) is 2.83. The lowest BCUT2D eigenvalue weighted by Crippen LogP contribution is -2.38. The van der Waals surface area contributed by atoms with Gasteiger partial charge >= 0.3 is 0 Å². The molecule has 0 spiro atoms. The molecule has 1 amide bonds. The van der Waals surface area contributed by atoms with Crippen LogP contribution in [0, 0.1) is 0 Å². The van der Waals surface area contributed by atoms with Crippen LogP contribution in [0.5, 0.6) is 0 Å². The monoisotopic (exact) mass is 289 g/mol. The van der Waals surface area contributed by atoms with Gasteiger partial charge in [0, 0.05) is 6.54 Å². The number of benzene rings is 1. The van der Waals surface area contributed by atoms with Gasteiger partial charge in [-0.2, -0.15) is 0 Å². The summed E-state index contributed by atoms with van der Waals surface area (Å²) < 4.78 is 11.2. The van der Waals surface area contributed by atoms with Crippen LogP contribution in [0.25, 0.3) is 0 Å². The largest absolute Gasteiger partial charge is 0.353 e. The zero-order valence-electron chi connectivity index (χ0n) is 12.7. The first-order valence-electron chi connectivity index (χ1n) is 7.72. The third kappa shape index (κ3) is 3.27. The van der Waals surface area contributed by atoms with Gasteiger partial charge in [0.15, 0.2) is 5.79 Å². The fraction of sp³-hybridized carbons (Fsp3) is 0.588. The fourth-order valence-corrected chi connectivity index (χ4v) is 3.23. The zero-order chi connectivity index (χ0) is 14.9. The van der Waals surface area contributed by atoms with Crippen molar-refractivity contribution >= 4 is 5.91 Å². The van der Waals surface area contributed by atoms with Crippen molar-refractivity contribution in [3.8, 4) is 0 Å². The van der Waals surface area contributed by atoms with Crippen molar-refractivity contribution < 1.29 is 14.3 Å². The number of ether oxygens (including phenoxy) is 2. The Morgan fingerprint density at radius 3 is 2.95 bits per heavy atom. The molecule has 1 aromatic carbocycles. The molecule has 114 valence electrons. The van der Waals surface area contributed by atoms with E-state index in [4.69, 9.17) is 9.47 Å². The highest BCUT2D eigenvalue weighted by atomic mass is 16.7. The van der Waals surface area contributed by atoms with Gasteiger partial charge in [-0.25, -0.2) is 0 Å². The number of aryl methyl sites for hydroxylation is 1. The predicted molar refractivity (Wildman–Crippen MR) is 80.0 cm³/mol. The van der Waals surface area contributed by atoms with Crippen LogP contribution in [-0.4, -0.2) is 30.9 Å². The maximum absolute atomic E-state index is 12.5. The summed E-state index contributed by atoms with van der Waals surface area (Å²) in [6.07, 6.45) is 3.03. The Labute approximate surface area is 125 Å². The quantitative estimate of drug-likeness (QED) is 0.929. The Bertz CT molecular complexity index is 527. The molecule has 2 unspecified atom stereocenters. The van der Waals surface area contributed by atoms with Crippen LogP contribution < -0.4 is 5.32 Å². The van der Waals surface area contributed by atoms with E-state index in [1.165, 1.54) is 11.1 Å². The lowest BCUT2D eigenvalue weighted by Gasteiger charge is -2.25. The smallest absolute Gasteiger partial charge is 0.227 e. The number of hydrogen-bond acceptors (Lipinski definition) is 3. The SMILES string of the molecule is CC1(C)OCC(CNC(=O)C2CCCc3ccccc32)O1. The highest BCUT2D eigenvalue weighted by Crippen LogP contribution is 2.31. The van der Waals surface area contributed by atoms with Gasteiger partial charge in [-0.3, -0.25) is 4.79 Å². The molecule has 3 rings (SSSR count). The summed E-state index contributed by atoms with van der Waals surface area (Å²) in [6, 6.07) is 8.27. The minimum absolute atomic E-state index is 0.0229. The van der Waals surface area contributed by atoms with Crippen molar-refractivity contribution in [2.24, 2.45) is 0 Å². The first-order valence-corrected chi connectivity index (χ1v) is 7.72. The number of rotatable bonds is 3. The summed E-state index contributed by atoms with van der Waals surface area (Å²) in [7, 11) is 0. The average molecular weight is 289 g/mol. The highest BCUT2D eigenvalue weighted by molar-refractivity contribution is 5.84. The molecule has 0 aromatic heterocycles. The van der Waals surface area contributed by atoms with Crippen LogP contribution >= 0.6 is 0 Å². The van der Waals surface area contributed by atoms with Gasteiger partial charge in [-0.15, -0.1) is 0 Å². The molecule has 1 heterocycles. The summed E-state index contributed by atoms with van der Waals surface area (Å²) in [5, 5.41) is 3.03. The molecule has 2 atom stereocenters. The molecule has 1 saturated heterocycles. The summed E-state index contributed by atoms with van der Waals surface area (Å²) >= 11 is 0. The molecule has 0 saturated carbocycles. The predicted octanol–water partition coefficient (Wildman–Crippen LogP) is 2.37. The molecule has 1 aliphatic carbocycles. The number of fused-ring (bicyclic) bond motifs is 1.